The first kappa shape index (κ1) is 75.0. The molecule has 9 nitrogen and oxygen atoms in total. The molecule has 454 valence electrons. The van der Waals surface area contributed by atoms with Crippen LogP contribution < -0.4 is 0 Å². The average Bonchev–Trinajstić information content (AvgIpc) is 3.38. The van der Waals surface area contributed by atoms with Gasteiger partial charge in [-0.2, -0.15) is 0 Å². The number of carbonyl (C=O) groups is 2. The van der Waals surface area contributed by atoms with E-state index >= 15 is 0 Å². The van der Waals surface area contributed by atoms with E-state index in [0.29, 0.717) is 17.4 Å². The largest absolute Gasteiger partial charge is 0.472 e. The molecule has 1 N–H and O–H groups in total. The molecule has 2 atom stereocenters. The molecule has 0 fully saturated rings. The predicted molar refractivity (Wildman–Crippen MR) is 326 cm³/mol. The molecule has 0 saturated carbocycles. The maximum absolute atomic E-state index is 12.8. The van der Waals surface area contributed by atoms with Crippen molar-refractivity contribution in [1.82, 2.24) is 0 Å². The van der Waals surface area contributed by atoms with Crippen molar-refractivity contribution in [2.45, 2.75) is 367 Å². The van der Waals surface area contributed by atoms with Crippen molar-refractivity contribution in [3.8, 4) is 0 Å². The molecule has 76 heavy (non-hydrogen) atoms. The summed E-state index contributed by atoms with van der Waals surface area (Å²) in [6.45, 7) is 4.51. The highest BCUT2D eigenvalue weighted by molar-refractivity contribution is 7.47. The van der Waals surface area contributed by atoms with Crippen LogP contribution in [-0.4, -0.2) is 74.9 Å². The number of phosphoric acid groups is 1. The highest BCUT2D eigenvalue weighted by atomic mass is 31.2. The molecule has 0 bridgehead atoms. The van der Waals surface area contributed by atoms with E-state index in [1.807, 2.05) is 21.1 Å². The van der Waals surface area contributed by atoms with Crippen LogP contribution in [0.5, 0.6) is 0 Å². The minimum atomic E-state index is -4.38. The number of hydrogen-bond donors (Lipinski definition) is 1. The first-order valence-corrected chi connectivity index (χ1v) is 35.3. The number of ether oxygens (including phenoxy) is 2. The van der Waals surface area contributed by atoms with Gasteiger partial charge in [0.2, 0.25) is 0 Å². The van der Waals surface area contributed by atoms with Gasteiger partial charge in [-0.25, -0.2) is 4.57 Å². The van der Waals surface area contributed by atoms with E-state index < -0.39 is 26.5 Å². The summed E-state index contributed by atoms with van der Waals surface area (Å²) in [7, 11) is 1.50. The quantitative estimate of drug-likeness (QED) is 0.0278. The number of esters is 2. The zero-order valence-electron chi connectivity index (χ0n) is 51.8. The highest BCUT2D eigenvalue weighted by Gasteiger charge is 2.27. The van der Waals surface area contributed by atoms with Gasteiger partial charge >= 0.3 is 19.8 Å². The first-order chi connectivity index (χ1) is 37.0. The average molecular weight is 1100 g/mol. The molecular formula is C66H133NO8P+. The molecule has 0 heterocycles. The van der Waals surface area contributed by atoms with Crippen molar-refractivity contribution in [3.63, 3.8) is 0 Å². The molecule has 2 unspecified atom stereocenters. The Hall–Kier alpha value is -0.990. The summed E-state index contributed by atoms with van der Waals surface area (Å²) in [6, 6.07) is 0. The van der Waals surface area contributed by atoms with Crippen molar-refractivity contribution in [2.24, 2.45) is 0 Å². The van der Waals surface area contributed by atoms with Gasteiger partial charge in [-0.1, -0.05) is 335 Å². The maximum Gasteiger partial charge on any atom is 0.472 e. The molecule has 0 rings (SSSR count). The molecule has 0 aliphatic rings. The Balaban J connectivity index is 3.86. The Morgan fingerprint density at radius 2 is 0.592 bits per heavy atom. The minimum Gasteiger partial charge on any atom is -0.462 e. The number of hydrogen-bond acceptors (Lipinski definition) is 7. The third kappa shape index (κ3) is 62.2. The predicted octanol–water partition coefficient (Wildman–Crippen LogP) is 21.4. The lowest BCUT2D eigenvalue weighted by Crippen LogP contribution is -2.37. The van der Waals surface area contributed by atoms with Crippen LogP contribution in [0, 0.1) is 0 Å². The molecule has 0 saturated heterocycles. The zero-order chi connectivity index (χ0) is 55.6. The number of phosphoric ester groups is 1. The second kappa shape index (κ2) is 58.7. The van der Waals surface area contributed by atoms with Gasteiger partial charge in [-0.05, 0) is 12.8 Å². The Kier molecular flexibility index (Phi) is 57.9. The lowest BCUT2D eigenvalue weighted by Gasteiger charge is -2.24. The van der Waals surface area contributed by atoms with Crippen LogP contribution in [-0.2, 0) is 32.7 Å². The Labute approximate surface area is 474 Å². The highest BCUT2D eigenvalue weighted by Crippen LogP contribution is 2.43. The van der Waals surface area contributed by atoms with Crippen LogP contribution in [0.15, 0.2) is 0 Å². The molecule has 0 amide bonds. The van der Waals surface area contributed by atoms with E-state index in [0.717, 1.165) is 38.5 Å². The van der Waals surface area contributed by atoms with E-state index in [-0.39, 0.29) is 25.6 Å². The SMILES string of the molecule is CCCCCCCCCCCCCCCCCCCCCCCCCCCCCCCCCCCCCCCC(=O)OC(COC(=O)CCCCCCCCCCCCCCCCC)COP(=O)(O)OCC[N+](C)(C)C. The van der Waals surface area contributed by atoms with E-state index in [1.165, 1.54) is 295 Å². The van der Waals surface area contributed by atoms with E-state index in [1.54, 1.807) is 0 Å². The van der Waals surface area contributed by atoms with E-state index in [2.05, 4.69) is 13.8 Å². The smallest absolute Gasteiger partial charge is 0.462 e. The summed E-state index contributed by atoms with van der Waals surface area (Å²) >= 11 is 0. The monoisotopic (exact) mass is 1100 g/mol. The number of likely N-dealkylation sites (N-methyl/N-ethyl adjacent to an activating group) is 1. The summed E-state index contributed by atoms with van der Waals surface area (Å²) in [4.78, 5) is 35.7. The third-order valence-electron chi connectivity index (χ3n) is 15.6. The standard InChI is InChI=1S/C66H132NO8P/c1-6-8-10-12-14-16-18-20-22-23-24-25-26-27-28-29-30-31-32-33-34-35-36-37-38-39-40-41-42-43-45-47-49-51-53-55-57-59-66(69)75-64(63-74-76(70,71)73-61-60-67(3,4)5)62-72-65(68)58-56-54-52-50-48-46-44-21-19-17-15-13-11-9-7-2/h64H,6-63H2,1-5H3/p+1. The lowest BCUT2D eigenvalue weighted by molar-refractivity contribution is -0.870. The summed E-state index contributed by atoms with van der Waals surface area (Å²) < 4.78 is 34.6. The van der Waals surface area contributed by atoms with Gasteiger partial charge in [0, 0.05) is 12.8 Å². The van der Waals surface area contributed by atoms with Crippen molar-refractivity contribution in [3.05, 3.63) is 0 Å². The Morgan fingerprint density at radius 1 is 0.355 bits per heavy atom. The van der Waals surface area contributed by atoms with Gasteiger partial charge in [-0.3, -0.25) is 18.6 Å². The molecule has 0 aromatic rings. The number of rotatable bonds is 64. The van der Waals surface area contributed by atoms with Crippen molar-refractivity contribution in [2.75, 3.05) is 47.5 Å². The van der Waals surface area contributed by atoms with Crippen LogP contribution >= 0.6 is 7.82 Å². The Bertz CT molecular complexity index is 1240. The molecule has 0 aliphatic carbocycles. The molecule has 0 spiro atoms. The van der Waals surface area contributed by atoms with Crippen LogP contribution in [0.25, 0.3) is 0 Å². The van der Waals surface area contributed by atoms with E-state index in [9.17, 15) is 19.0 Å². The zero-order valence-corrected chi connectivity index (χ0v) is 52.7. The van der Waals surface area contributed by atoms with Crippen LogP contribution in [0.4, 0.5) is 0 Å². The number of unbranched alkanes of at least 4 members (excludes halogenated alkanes) is 50. The molecule has 0 radical (unpaired) electrons. The normalized spacial score (nSPS) is 13.1. The Morgan fingerprint density at radius 3 is 0.842 bits per heavy atom. The lowest BCUT2D eigenvalue weighted by atomic mass is 10.0. The number of nitrogens with zero attached hydrogens (tertiary/aromatic N) is 1. The number of quaternary nitrogens is 1. The summed E-state index contributed by atoms with van der Waals surface area (Å²) in [5, 5.41) is 0. The van der Waals surface area contributed by atoms with Crippen molar-refractivity contribution < 1.29 is 42.1 Å². The topological polar surface area (TPSA) is 108 Å². The fourth-order valence-electron chi connectivity index (χ4n) is 10.4. The number of carbonyl (C=O) groups excluding carboxylic acids is 2. The van der Waals surface area contributed by atoms with Crippen molar-refractivity contribution >= 4 is 19.8 Å². The molecule has 10 heteroatoms. The summed E-state index contributed by atoms with van der Waals surface area (Å²) in [6.07, 6.45) is 69.4. The molecule has 0 aromatic carbocycles. The van der Waals surface area contributed by atoms with Gasteiger partial charge in [0.15, 0.2) is 6.10 Å². The third-order valence-corrected chi connectivity index (χ3v) is 16.6. The van der Waals surface area contributed by atoms with Crippen LogP contribution in [0.1, 0.15) is 361 Å². The van der Waals surface area contributed by atoms with Gasteiger partial charge < -0.3 is 18.9 Å². The fraction of sp³-hybridized carbons (Fsp3) is 0.970. The van der Waals surface area contributed by atoms with Gasteiger partial charge in [0.1, 0.15) is 19.8 Å². The first-order valence-electron chi connectivity index (χ1n) is 33.8. The summed E-state index contributed by atoms with van der Waals surface area (Å²) in [5.41, 5.74) is 0. The molecular weight excluding hydrogens is 966 g/mol. The minimum absolute atomic E-state index is 0.0374. The van der Waals surface area contributed by atoms with E-state index in [4.69, 9.17) is 18.5 Å². The second-order valence-electron chi connectivity index (χ2n) is 24.6. The van der Waals surface area contributed by atoms with Crippen molar-refractivity contribution in [1.29, 1.82) is 0 Å². The van der Waals surface area contributed by atoms with Crippen LogP contribution in [0.3, 0.4) is 0 Å². The molecule has 0 aromatic heterocycles. The second-order valence-corrected chi connectivity index (χ2v) is 26.0. The molecule has 0 aliphatic heterocycles. The van der Waals surface area contributed by atoms with Gasteiger partial charge in [0.05, 0.1) is 27.7 Å². The van der Waals surface area contributed by atoms with Gasteiger partial charge in [0.25, 0.3) is 0 Å². The van der Waals surface area contributed by atoms with Gasteiger partial charge in [-0.15, -0.1) is 0 Å². The maximum atomic E-state index is 12.8. The fourth-order valence-corrected chi connectivity index (χ4v) is 11.2. The van der Waals surface area contributed by atoms with Crippen LogP contribution in [0.2, 0.25) is 0 Å². The summed E-state index contributed by atoms with van der Waals surface area (Å²) in [5.74, 6) is -0.772.